The number of amidine groups is 1. The van der Waals surface area contributed by atoms with Gasteiger partial charge in [0.05, 0.1) is 18.5 Å². The zero-order valence-electron chi connectivity index (χ0n) is 19.6. The first-order valence-electron chi connectivity index (χ1n) is 11.4. The van der Waals surface area contributed by atoms with Gasteiger partial charge in [-0.2, -0.15) is 0 Å². The molecule has 1 unspecified atom stereocenters. The summed E-state index contributed by atoms with van der Waals surface area (Å²) in [7, 11) is 2.06. The number of anilines is 1. The van der Waals surface area contributed by atoms with Gasteiger partial charge in [0.1, 0.15) is 18.0 Å². The molecular formula is C25H27F2N5O3. The Hall–Kier alpha value is -3.50. The van der Waals surface area contributed by atoms with E-state index in [-0.39, 0.29) is 24.9 Å². The van der Waals surface area contributed by atoms with E-state index >= 15 is 0 Å². The predicted molar refractivity (Wildman–Crippen MR) is 130 cm³/mol. The maximum atomic E-state index is 15.0. The lowest BCUT2D eigenvalue weighted by molar-refractivity contribution is 0.0706. The zero-order valence-corrected chi connectivity index (χ0v) is 19.6. The Morgan fingerprint density at radius 2 is 2.11 bits per heavy atom. The third-order valence-corrected chi connectivity index (χ3v) is 6.30. The van der Waals surface area contributed by atoms with Crippen LogP contribution in [0.25, 0.3) is 16.6 Å². The summed E-state index contributed by atoms with van der Waals surface area (Å²) in [6, 6.07) is 3.99. The molecular weight excluding hydrogens is 456 g/mol. The minimum atomic E-state index is -0.871. The van der Waals surface area contributed by atoms with Gasteiger partial charge >= 0.3 is 0 Å². The number of hydrogen-bond donors (Lipinski definition) is 3. The van der Waals surface area contributed by atoms with Crippen LogP contribution in [0, 0.1) is 17.0 Å². The molecule has 8 nitrogen and oxygen atoms in total. The molecule has 0 amide bonds. The SMILES string of the molecule is CN1CC=C(c2c[nH]c3nccc(Oc4c(F)cc(NC5=NCC(C)(CO)CO5)cc4F)c23)CC1. The number of aliphatic hydroxyl groups excluding tert-OH is 1. The number of nitrogens with one attached hydrogen (secondary N) is 2. The standard InChI is InChI=1S/C25H27F2N5O3/c1-25(13-33)12-30-24(34-14-25)31-16-9-18(26)22(19(27)10-16)35-20-3-6-28-23-21(20)17(11-29-23)15-4-7-32(2)8-5-15/h3-4,6,9-11,33H,5,7-8,12-14H2,1-2H3,(H,28,29)(H,30,31). The first-order valence-corrected chi connectivity index (χ1v) is 11.4. The van der Waals surface area contributed by atoms with Crippen LogP contribution in [0.1, 0.15) is 18.9 Å². The molecule has 0 aliphatic carbocycles. The van der Waals surface area contributed by atoms with Gasteiger partial charge in [0.25, 0.3) is 6.02 Å². The average Bonchev–Trinajstić information content (AvgIpc) is 3.29. The Morgan fingerprint density at radius 1 is 1.31 bits per heavy atom. The van der Waals surface area contributed by atoms with Crippen LogP contribution in [0.5, 0.6) is 11.5 Å². The number of aliphatic imine (C=N–C) groups is 1. The average molecular weight is 484 g/mol. The van der Waals surface area contributed by atoms with E-state index in [1.165, 1.54) is 6.20 Å². The van der Waals surface area contributed by atoms with Crippen LogP contribution in [0.15, 0.2) is 41.7 Å². The Bertz CT molecular complexity index is 1300. The molecule has 2 aliphatic rings. The lowest BCUT2D eigenvalue weighted by Crippen LogP contribution is -2.38. The molecule has 10 heteroatoms. The van der Waals surface area contributed by atoms with Gasteiger partial charge in [-0.15, -0.1) is 0 Å². The van der Waals surface area contributed by atoms with E-state index < -0.39 is 22.8 Å². The number of hydrogen-bond acceptors (Lipinski definition) is 7. The summed E-state index contributed by atoms with van der Waals surface area (Å²) in [6.07, 6.45) is 6.38. The van der Waals surface area contributed by atoms with Crippen molar-refractivity contribution in [2.24, 2.45) is 10.4 Å². The number of rotatable bonds is 5. The van der Waals surface area contributed by atoms with E-state index in [1.807, 2.05) is 13.1 Å². The highest BCUT2D eigenvalue weighted by molar-refractivity contribution is 5.95. The highest BCUT2D eigenvalue weighted by atomic mass is 19.1. The van der Waals surface area contributed by atoms with Gasteiger partial charge in [-0.1, -0.05) is 13.0 Å². The number of halogens is 2. The fourth-order valence-corrected chi connectivity index (χ4v) is 4.11. The normalized spacial score (nSPS) is 20.8. The molecule has 0 bridgehead atoms. The highest BCUT2D eigenvalue weighted by Gasteiger charge is 2.29. The van der Waals surface area contributed by atoms with Gasteiger partial charge in [-0.05, 0) is 25.1 Å². The summed E-state index contributed by atoms with van der Waals surface area (Å²) in [5, 5.41) is 12.9. The third kappa shape index (κ3) is 4.71. The molecule has 3 aromatic rings. The number of benzene rings is 1. The second kappa shape index (κ2) is 9.27. The number of ether oxygens (including phenoxy) is 2. The Balaban J connectivity index is 1.41. The number of H-pyrrole nitrogens is 1. The van der Waals surface area contributed by atoms with Crippen molar-refractivity contribution in [2.75, 3.05) is 45.2 Å². The molecule has 0 spiro atoms. The summed E-state index contributed by atoms with van der Waals surface area (Å²) in [5.41, 5.74) is 2.29. The summed E-state index contributed by atoms with van der Waals surface area (Å²) in [4.78, 5) is 13.9. The maximum absolute atomic E-state index is 15.0. The van der Waals surface area contributed by atoms with Gasteiger partial charge in [0.2, 0.25) is 0 Å². The fraction of sp³-hybridized carbons (Fsp3) is 0.360. The molecule has 2 aromatic heterocycles. The molecule has 0 radical (unpaired) electrons. The lowest BCUT2D eigenvalue weighted by atomic mass is 9.93. The molecule has 5 rings (SSSR count). The van der Waals surface area contributed by atoms with Crippen LogP contribution in [0.3, 0.4) is 0 Å². The molecule has 1 aromatic carbocycles. The van der Waals surface area contributed by atoms with Crippen LogP contribution in [0.4, 0.5) is 14.5 Å². The molecule has 3 N–H and O–H groups in total. The Morgan fingerprint density at radius 3 is 2.77 bits per heavy atom. The van der Waals surface area contributed by atoms with E-state index in [4.69, 9.17) is 9.47 Å². The molecule has 184 valence electrons. The third-order valence-electron chi connectivity index (χ3n) is 6.30. The Kier molecular flexibility index (Phi) is 6.16. The second-order valence-electron chi connectivity index (χ2n) is 9.35. The van der Waals surface area contributed by atoms with Crippen LogP contribution < -0.4 is 10.1 Å². The van der Waals surface area contributed by atoms with E-state index in [9.17, 15) is 13.9 Å². The van der Waals surface area contributed by atoms with Crippen molar-refractivity contribution in [2.45, 2.75) is 13.3 Å². The smallest absolute Gasteiger partial charge is 0.289 e. The van der Waals surface area contributed by atoms with Crippen LogP contribution in [-0.2, 0) is 4.74 Å². The van der Waals surface area contributed by atoms with Crippen molar-refractivity contribution in [3.63, 3.8) is 0 Å². The summed E-state index contributed by atoms with van der Waals surface area (Å²) in [5.74, 6) is -1.94. The zero-order chi connectivity index (χ0) is 24.6. The quantitative estimate of drug-likeness (QED) is 0.505. The van der Waals surface area contributed by atoms with Crippen molar-refractivity contribution in [1.82, 2.24) is 14.9 Å². The van der Waals surface area contributed by atoms with Gasteiger partial charge in [0.15, 0.2) is 17.4 Å². The van der Waals surface area contributed by atoms with E-state index in [0.717, 1.165) is 42.8 Å². The number of nitrogens with zero attached hydrogens (tertiary/aromatic N) is 3. The highest BCUT2D eigenvalue weighted by Crippen LogP contribution is 2.38. The summed E-state index contributed by atoms with van der Waals surface area (Å²) in [6.45, 7) is 4.09. The topological polar surface area (TPSA) is 95.0 Å². The van der Waals surface area contributed by atoms with Crippen LogP contribution in [0.2, 0.25) is 0 Å². The van der Waals surface area contributed by atoms with E-state index in [2.05, 4.69) is 38.3 Å². The van der Waals surface area contributed by atoms with Crippen molar-refractivity contribution in [1.29, 1.82) is 0 Å². The first kappa shape index (κ1) is 23.3. The fourth-order valence-electron chi connectivity index (χ4n) is 4.11. The minimum absolute atomic E-state index is 0.0709. The van der Waals surface area contributed by atoms with Crippen molar-refractivity contribution < 1.29 is 23.4 Å². The van der Waals surface area contributed by atoms with Crippen LogP contribution >= 0.6 is 0 Å². The van der Waals surface area contributed by atoms with E-state index in [0.29, 0.717) is 23.3 Å². The minimum Gasteiger partial charge on any atom is -0.464 e. The van der Waals surface area contributed by atoms with Crippen molar-refractivity contribution in [3.8, 4) is 11.5 Å². The summed E-state index contributed by atoms with van der Waals surface area (Å²) >= 11 is 0. The van der Waals surface area contributed by atoms with Crippen molar-refractivity contribution >= 4 is 28.3 Å². The van der Waals surface area contributed by atoms with Gasteiger partial charge < -0.3 is 29.8 Å². The van der Waals surface area contributed by atoms with Gasteiger partial charge in [-0.25, -0.2) is 18.8 Å². The van der Waals surface area contributed by atoms with Gasteiger partial charge in [0, 0.05) is 54.3 Å². The summed E-state index contributed by atoms with van der Waals surface area (Å²) < 4.78 is 41.3. The lowest BCUT2D eigenvalue weighted by Gasteiger charge is -2.30. The maximum Gasteiger partial charge on any atom is 0.289 e. The number of likely N-dealkylation sites (N-methyl/N-ethyl adjacent to an activating group) is 1. The largest absolute Gasteiger partial charge is 0.464 e. The Labute approximate surface area is 201 Å². The molecule has 35 heavy (non-hydrogen) atoms. The van der Waals surface area contributed by atoms with Crippen LogP contribution in [-0.4, -0.2) is 65.9 Å². The number of fused-ring (bicyclic) bond motifs is 1. The monoisotopic (exact) mass is 483 g/mol. The number of pyridine rings is 1. The number of aromatic amines is 1. The molecule has 2 aliphatic heterocycles. The second-order valence-corrected chi connectivity index (χ2v) is 9.35. The molecule has 1 atom stereocenters. The van der Waals surface area contributed by atoms with Crippen molar-refractivity contribution in [3.05, 3.63) is 53.9 Å². The molecule has 0 saturated carbocycles. The van der Waals surface area contributed by atoms with Gasteiger partial charge in [-0.3, -0.25) is 0 Å². The number of aromatic nitrogens is 2. The van der Waals surface area contributed by atoms with E-state index in [1.54, 1.807) is 6.07 Å². The number of aliphatic hydroxyl groups is 1. The molecule has 4 heterocycles. The first-order chi connectivity index (χ1) is 16.8. The molecule has 0 fully saturated rings. The molecule has 0 saturated heterocycles. The predicted octanol–water partition coefficient (Wildman–Crippen LogP) is 4.15.